The zero-order valence-electron chi connectivity index (χ0n) is 6.51. The number of alkyl halides is 1. The molecule has 0 fully saturated rings. The number of rotatable bonds is 2. The molecule has 56 valence electrons. The van der Waals surface area contributed by atoms with Crippen LogP contribution in [0.3, 0.4) is 0 Å². The molecule has 0 saturated heterocycles. The quantitative estimate of drug-likeness (QED) is 0.590. The van der Waals surface area contributed by atoms with Gasteiger partial charge in [0.05, 0.1) is 7.11 Å². The topological polar surface area (TPSA) is 9.23 Å². The average molecular weight is 266 g/mol. The maximum atomic E-state index is 5.04. The second-order valence-corrected chi connectivity index (χ2v) is 2.55. The van der Waals surface area contributed by atoms with Crippen LogP contribution in [0.15, 0.2) is 24.3 Å². The van der Waals surface area contributed by atoms with Crippen LogP contribution in [-0.4, -0.2) is 7.11 Å². The van der Waals surface area contributed by atoms with Gasteiger partial charge in [-0.2, -0.15) is 0 Å². The second-order valence-electron chi connectivity index (χ2n) is 1.99. The molecule has 0 aliphatic heterocycles. The van der Waals surface area contributed by atoms with Crippen LogP contribution in [0.2, 0.25) is 0 Å². The van der Waals surface area contributed by atoms with Crippen molar-refractivity contribution in [3.05, 3.63) is 29.8 Å². The van der Waals surface area contributed by atoms with Crippen LogP contribution in [0.4, 0.5) is 0 Å². The Morgan fingerprint density at radius 3 is 2.73 bits per heavy atom. The van der Waals surface area contributed by atoms with Crippen molar-refractivity contribution >= 4 is 15.9 Å². The Morgan fingerprint density at radius 2 is 2.18 bits per heavy atom. The summed E-state index contributed by atoms with van der Waals surface area (Å²) in [5.74, 6) is 0.914. The molecule has 0 aliphatic rings. The Balaban J connectivity index is 0.000001000. The predicted octanol–water partition coefficient (Wildman–Crippen LogP) is 2.59. The molecule has 3 heteroatoms. The molecule has 0 heterocycles. The van der Waals surface area contributed by atoms with Crippen molar-refractivity contribution in [1.82, 2.24) is 0 Å². The molecule has 0 amide bonds. The normalized spacial score (nSPS) is 8.55. The Hall–Kier alpha value is 0.123. The largest absolute Gasteiger partial charge is 0.497 e. The predicted molar refractivity (Wildman–Crippen MR) is 45.6 cm³/mol. The van der Waals surface area contributed by atoms with Crippen LogP contribution in [0.1, 0.15) is 5.56 Å². The summed E-state index contributed by atoms with van der Waals surface area (Å²) < 4.78 is 5.04. The fraction of sp³-hybridized carbons (Fsp3) is 0.250. The van der Waals surface area contributed by atoms with Gasteiger partial charge in [-0.25, -0.2) is 0 Å². The van der Waals surface area contributed by atoms with E-state index in [4.69, 9.17) is 4.74 Å². The first-order valence-corrected chi connectivity index (χ1v) is 4.18. The summed E-state index contributed by atoms with van der Waals surface area (Å²) in [6.07, 6.45) is 0. The smallest absolute Gasteiger partial charge is 0.119 e. The van der Waals surface area contributed by atoms with Gasteiger partial charge in [-0.05, 0) is 17.7 Å². The van der Waals surface area contributed by atoms with E-state index in [1.165, 1.54) is 5.56 Å². The number of hydrogen-bond donors (Lipinski definition) is 0. The van der Waals surface area contributed by atoms with E-state index >= 15 is 0 Å². The first-order chi connectivity index (χ1) is 4.86. The first kappa shape index (κ1) is 11.1. The molecule has 1 nitrogen and oxygen atoms in total. The molecule has 0 atom stereocenters. The van der Waals surface area contributed by atoms with E-state index in [-0.39, 0.29) is 19.5 Å². The molecule has 1 rings (SSSR count). The summed E-state index contributed by atoms with van der Waals surface area (Å²) in [6.45, 7) is 0. The van der Waals surface area contributed by atoms with Crippen LogP contribution < -0.4 is 4.74 Å². The van der Waals surface area contributed by atoms with Crippen molar-refractivity contribution < 1.29 is 24.2 Å². The van der Waals surface area contributed by atoms with Crippen LogP contribution >= 0.6 is 15.9 Å². The number of ether oxygens (including phenoxy) is 1. The van der Waals surface area contributed by atoms with Crippen LogP contribution in [-0.2, 0) is 24.8 Å². The molecule has 0 aromatic heterocycles. The molecule has 0 unspecified atom stereocenters. The van der Waals surface area contributed by atoms with Crippen molar-refractivity contribution in [1.29, 1.82) is 0 Å². The minimum Gasteiger partial charge on any atom is -0.497 e. The molecule has 0 spiro atoms. The molecule has 0 radical (unpaired) electrons. The molecule has 1 aromatic rings. The summed E-state index contributed by atoms with van der Waals surface area (Å²) >= 11 is 3.37. The third-order valence-electron chi connectivity index (χ3n) is 1.29. The minimum atomic E-state index is 0. The van der Waals surface area contributed by atoms with Gasteiger partial charge in [-0.3, -0.25) is 0 Å². The van der Waals surface area contributed by atoms with E-state index in [1.807, 2.05) is 18.2 Å². The zero-order valence-corrected chi connectivity index (χ0v) is 11.1. The summed E-state index contributed by atoms with van der Waals surface area (Å²) in [5, 5.41) is 0.879. The van der Waals surface area contributed by atoms with Gasteiger partial charge < -0.3 is 4.74 Å². The summed E-state index contributed by atoms with van der Waals surface area (Å²) in [6, 6.07) is 7.98. The Morgan fingerprint density at radius 1 is 1.45 bits per heavy atom. The third-order valence-corrected chi connectivity index (χ3v) is 1.94. The Labute approximate surface area is 88.0 Å². The van der Waals surface area contributed by atoms with Crippen molar-refractivity contribution in [2.75, 3.05) is 7.11 Å². The molecule has 0 saturated carbocycles. The van der Waals surface area contributed by atoms with Crippen LogP contribution in [0, 0.1) is 0 Å². The van der Waals surface area contributed by atoms with Gasteiger partial charge in [0.2, 0.25) is 0 Å². The number of halogens is 1. The van der Waals surface area contributed by atoms with E-state index in [9.17, 15) is 0 Å². The molecule has 1 aromatic carbocycles. The first-order valence-electron chi connectivity index (χ1n) is 3.05. The molecule has 0 bridgehead atoms. The van der Waals surface area contributed by atoms with Crippen molar-refractivity contribution in [3.63, 3.8) is 0 Å². The Kier molecular flexibility index (Phi) is 5.80. The van der Waals surface area contributed by atoms with Crippen LogP contribution in [0.5, 0.6) is 5.75 Å². The van der Waals surface area contributed by atoms with Crippen LogP contribution in [0.25, 0.3) is 0 Å². The number of methoxy groups -OCH3 is 1. The van der Waals surface area contributed by atoms with Crippen molar-refractivity contribution in [2.45, 2.75) is 5.33 Å². The molecule has 0 N–H and O–H groups in total. The fourth-order valence-electron chi connectivity index (χ4n) is 0.756. The number of hydrogen-bond acceptors (Lipinski definition) is 1. The van der Waals surface area contributed by atoms with E-state index in [1.54, 1.807) is 7.11 Å². The van der Waals surface area contributed by atoms with Gasteiger partial charge in [-0.15, -0.1) is 0 Å². The summed E-state index contributed by atoms with van der Waals surface area (Å²) in [4.78, 5) is 0. The fourth-order valence-corrected chi connectivity index (χ4v) is 1.10. The SMILES string of the molecule is COc1cccc(CBr)c1.[Zn]. The van der Waals surface area contributed by atoms with Gasteiger partial charge in [0.25, 0.3) is 0 Å². The van der Waals surface area contributed by atoms with Gasteiger partial charge in [0.1, 0.15) is 5.75 Å². The maximum absolute atomic E-state index is 5.04. The van der Waals surface area contributed by atoms with Gasteiger partial charge in [0, 0.05) is 24.8 Å². The van der Waals surface area contributed by atoms with Crippen molar-refractivity contribution in [2.24, 2.45) is 0 Å². The van der Waals surface area contributed by atoms with Crippen molar-refractivity contribution in [3.8, 4) is 5.75 Å². The summed E-state index contributed by atoms with van der Waals surface area (Å²) in [7, 11) is 1.67. The zero-order chi connectivity index (χ0) is 7.40. The number of benzene rings is 1. The van der Waals surface area contributed by atoms with E-state index in [0.29, 0.717) is 0 Å². The van der Waals surface area contributed by atoms with Gasteiger partial charge >= 0.3 is 0 Å². The third kappa shape index (κ3) is 3.35. The molecule has 0 aliphatic carbocycles. The maximum Gasteiger partial charge on any atom is 0.119 e. The molecule has 11 heavy (non-hydrogen) atoms. The summed E-state index contributed by atoms with van der Waals surface area (Å²) in [5.41, 5.74) is 1.24. The van der Waals surface area contributed by atoms with E-state index < -0.39 is 0 Å². The van der Waals surface area contributed by atoms with E-state index in [0.717, 1.165) is 11.1 Å². The second kappa shape index (κ2) is 5.73. The minimum absolute atomic E-state index is 0. The average Bonchev–Trinajstić information content (AvgIpc) is 2.05. The Bertz CT molecular complexity index is 196. The standard InChI is InChI=1S/C8H9BrO.Zn/c1-10-8-4-2-3-7(5-8)6-9;/h2-5H,6H2,1H3;. The monoisotopic (exact) mass is 264 g/mol. The van der Waals surface area contributed by atoms with E-state index in [2.05, 4.69) is 22.0 Å². The molecular formula is C8H9BrOZn. The van der Waals surface area contributed by atoms with Gasteiger partial charge in [-0.1, -0.05) is 28.1 Å². The molecular weight excluding hydrogens is 257 g/mol. The van der Waals surface area contributed by atoms with Gasteiger partial charge in [0.15, 0.2) is 0 Å².